The second-order valence-electron chi connectivity index (χ2n) is 6.51. The van der Waals surface area contributed by atoms with Gasteiger partial charge in [-0.3, -0.25) is 4.79 Å². The number of methoxy groups -OCH3 is 1. The molecular formula is C22H24N4O3. The van der Waals surface area contributed by atoms with Crippen LogP contribution in [0.4, 0.5) is 11.5 Å². The highest BCUT2D eigenvalue weighted by Crippen LogP contribution is 2.18. The Hall–Kier alpha value is -3.61. The number of hydrogen-bond acceptors (Lipinski definition) is 6. The Balaban J connectivity index is 1.52. The van der Waals surface area contributed by atoms with E-state index in [9.17, 15) is 4.79 Å². The second-order valence-corrected chi connectivity index (χ2v) is 6.51. The van der Waals surface area contributed by atoms with Gasteiger partial charge in [0.25, 0.3) is 5.91 Å². The van der Waals surface area contributed by atoms with E-state index >= 15 is 0 Å². The van der Waals surface area contributed by atoms with E-state index in [1.54, 1.807) is 13.2 Å². The van der Waals surface area contributed by atoms with Crippen LogP contribution in [-0.4, -0.2) is 36.1 Å². The molecule has 0 atom stereocenters. The number of benzene rings is 2. The van der Waals surface area contributed by atoms with E-state index in [1.807, 2.05) is 56.3 Å². The first-order valence-electron chi connectivity index (χ1n) is 9.26. The van der Waals surface area contributed by atoms with Crippen molar-refractivity contribution in [3.63, 3.8) is 0 Å². The summed E-state index contributed by atoms with van der Waals surface area (Å²) in [5.74, 6) is 1.81. The van der Waals surface area contributed by atoms with Gasteiger partial charge in [-0.05, 0) is 49.7 Å². The monoisotopic (exact) mass is 392 g/mol. The summed E-state index contributed by atoms with van der Waals surface area (Å²) in [7, 11) is 1.62. The Kier molecular flexibility index (Phi) is 6.63. The third-order valence-corrected chi connectivity index (χ3v) is 4.27. The van der Waals surface area contributed by atoms with E-state index in [-0.39, 0.29) is 5.91 Å². The molecule has 0 fully saturated rings. The van der Waals surface area contributed by atoms with Crippen molar-refractivity contribution in [3.05, 3.63) is 71.7 Å². The minimum atomic E-state index is -0.281. The van der Waals surface area contributed by atoms with Gasteiger partial charge in [0.1, 0.15) is 35.9 Å². The maximum atomic E-state index is 12.5. The summed E-state index contributed by atoms with van der Waals surface area (Å²) >= 11 is 0. The molecule has 0 saturated carbocycles. The maximum Gasteiger partial charge on any atom is 0.274 e. The van der Waals surface area contributed by atoms with E-state index in [0.29, 0.717) is 24.7 Å². The summed E-state index contributed by atoms with van der Waals surface area (Å²) in [6.45, 7) is 4.94. The van der Waals surface area contributed by atoms with Crippen LogP contribution in [0, 0.1) is 13.8 Å². The summed E-state index contributed by atoms with van der Waals surface area (Å²) in [6, 6.07) is 14.9. The number of carbonyl (C=O) groups is 1. The zero-order valence-electron chi connectivity index (χ0n) is 16.7. The molecule has 2 aromatic carbocycles. The number of hydrogen-bond donors (Lipinski definition) is 2. The molecule has 7 nitrogen and oxygen atoms in total. The van der Waals surface area contributed by atoms with Crippen LogP contribution in [0.3, 0.4) is 0 Å². The molecule has 0 spiro atoms. The van der Waals surface area contributed by atoms with Gasteiger partial charge in [0.05, 0.1) is 13.7 Å². The fraction of sp³-hybridized carbons (Fsp3) is 0.227. The summed E-state index contributed by atoms with van der Waals surface area (Å²) in [4.78, 5) is 20.7. The van der Waals surface area contributed by atoms with Crippen molar-refractivity contribution in [3.8, 4) is 11.5 Å². The van der Waals surface area contributed by atoms with Crippen molar-refractivity contribution >= 4 is 17.4 Å². The molecule has 0 aliphatic rings. The van der Waals surface area contributed by atoms with Crippen LogP contribution >= 0.6 is 0 Å². The van der Waals surface area contributed by atoms with Crippen LogP contribution in [0.5, 0.6) is 11.5 Å². The van der Waals surface area contributed by atoms with Gasteiger partial charge in [0.2, 0.25) is 0 Å². The van der Waals surface area contributed by atoms with Crippen LogP contribution < -0.4 is 20.1 Å². The molecule has 0 saturated heterocycles. The summed E-state index contributed by atoms with van der Waals surface area (Å²) in [5, 5.41) is 6.02. The predicted octanol–water partition coefficient (Wildman–Crippen LogP) is 3.85. The van der Waals surface area contributed by atoms with Gasteiger partial charge >= 0.3 is 0 Å². The molecule has 1 aromatic heterocycles. The fourth-order valence-corrected chi connectivity index (χ4v) is 2.74. The van der Waals surface area contributed by atoms with Crippen molar-refractivity contribution in [2.24, 2.45) is 0 Å². The molecule has 7 heteroatoms. The smallest absolute Gasteiger partial charge is 0.274 e. The lowest BCUT2D eigenvalue weighted by molar-refractivity contribution is 0.102. The normalized spacial score (nSPS) is 10.3. The molecule has 1 amide bonds. The number of anilines is 2. The number of amides is 1. The molecule has 2 N–H and O–H groups in total. The van der Waals surface area contributed by atoms with Gasteiger partial charge in [0.15, 0.2) is 0 Å². The van der Waals surface area contributed by atoms with Crippen molar-refractivity contribution in [2.45, 2.75) is 13.8 Å². The van der Waals surface area contributed by atoms with Gasteiger partial charge in [0, 0.05) is 11.8 Å². The molecular weight excluding hydrogens is 368 g/mol. The largest absolute Gasteiger partial charge is 0.497 e. The average molecular weight is 392 g/mol. The number of rotatable bonds is 8. The van der Waals surface area contributed by atoms with Crippen LogP contribution in [0.25, 0.3) is 0 Å². The van der Waals surface area contributed by atoms with Crippen LogP contribution in [-0.2, 0) is 0 Å². The van der Waals surface area contributed by atoms with Gasteiger partial charge < -0.3 is 20.1 Å². The zero-order valence-corrected chi connectivity index (χ0v) is 16.7. The topological polar surface area (TPSA) is 85.4 Å². The molecule has 0 bridgehead atoms. The number of ether oxygens (including phenoxy) is 2. The summed E-state index contributed by atoms with van der Waals surface area (Å²) < 4.78 is 10.8. The van der Waals surface area contributed by atoms with Crippen LogP contribution in [0.2, 0.25) is 0 Å². The first kappa shape index (κ1) is 20.1. The molecule has 0 unspecified atom stereocenters. The van der Waals surface area contributed by atoms with Crippen LogP contribution in [0.15, 0.2) is 54.9 Å². The maximum absolute atomic E-state index is 12.5. The van der Waals surface area contributed by atoms with Crippen molar-refractivity contribution in [1.29, 1.82) is 0 Å². The number of carbonyl (C=O) groups excluding carboxylic acids is 1. The Morgan fingerprint density at radius 1 is 1.00 bits per heavy atom. The third kappa shape index (κ3) is 5.68. The Morgan fingerprint density at radius 3 is 2.48 bits per heavy atom. The lowest BCUT2D eigenvalue weighted by Crippen LogP contribution is -2.16. The van der Waals surface area contributed by atoms with Gasteiger partial charge in [-0.2, -0.15) is 0 Å². The standard InChI is InChI=1S/C22H24N4O3/c1-15-4-9-19(16(2)12-15)26-22(27)20-13-21(25-14-24-20)23-10-11-29-18-7-5-17(28-3)6-8-18/h4-9,12-14H,10-11H2,1-3H3,(H,26,27)(H,23,24,25). The quantitative estimate of drug-likeness (QED) is 0.567. The first-order valence-corrected chi connectivity index (χ1v) is 9.26. The van der Waals surface area contributed by atoms with E-state index < -0.39 is 0 Å². The SMILES string of the molecule is COc1ccc(OCCNc2cc(C(=O)Nc3ccc(C)cc3C)ncn2)cc1. The second kappa shape index (κ2) is 9.54. The summed E-state index contributed by atoms with van der Waals surface area (Å²) in [6.07, 6.45) is 1.36. The lowest BCUT2D eigenvalue weighted by atomic mass is 10.1. The third-order valence-electron chi connectivity index (χ3n) is 4.27. The number of nitrogens with one attached hydrogen (secondary N) is 2. The molecule has 3 rings (SSSR count). The molecule has 1 heterocycles. The van der Waals surface area contributed by atoms with Crippen LogP contribution in [0.1, 0.15) is 21.6 Å². The Labute approximate surface area is 170 Å². The minimum absolute atomic E-state index is 0.281. The van der Waals surface area contributed by atoms with Gasteiger partial charge in [-0.25, -0.2) is 9.97 Å². The fourth-order valence-electron chi connectivity index (χ4n) is 2.74. The highest BCUT2D eigenvalue weighted by molar-refractivity contribution is 6.03. The first-order chi connectivity index (χ1) is 14.0. The van der Waals surface area contributed by atoms with E-state index in [4.69, 9.17) is 9.47 Å². The highest BCUT2D eigenvalue weighted by atomic mass is 16.5. The average Bonchev–Trinajstić information content (AvgIpc) is 2.74. The molecule has 150 valence electrons. The molecule has 29 heavy (non-hydrogen) atoms. The van der Waals surface area contributed by atoms with Gasteiger partial charge in [-0.15, -0.1) is 0 Å². The number of aromatic nitrogens is 2. The van der Waals surface area contributed by atoms with Gasteiger partial charge in [-0.1, -0.05) is 17.7 Å². The Morgan fingerprint density at radius 2 is 1.76 bits per heavy atom. The lowest BCUT2D eigenvalue weighted by Gasteiger charge is -2.10. The van der Waals surface area contributed by atoms with E-state index in [1.165, 1.54) is 6.33 Å². The number of nitrogens with zero attached hydrogens (tertiary/aromatic N) is 2. The highest BCUT2D eigenvalue weighted by Gasteiger charge is 2.10. The minimum Gasteiger partial charge on any atom is -0.497 e. The predicted molar refractivity (Wildman–Crippen MR) is 113 cm³/mol. The molecule has 3 aromatic rings. The summed E-state index contributed by atoms with van der Waals surface area (Å²) in [5.41, 5.74) is 3.20. The van der Waals surface area contributed by atoms with Crippen molar-refractivity contribution < 1.29 is 14.3 Å². The molecule has 0 radical (unpaired) electrons. The zero-order chi connectivity index (χ0) is 20.6. The van der Waals surface area contributed by atoms with E-state index in [0.717, 1.165) is 28.3 Å². The number of aryl methyl sites for hydroxylation is 2. The van der Waals surface area contributed by atoms with E-state index in [2.05, 4.69) is 20.6 Å². The Bertz CT molecular complexity index is 974. The van der Waals surface area contributed by atoms with Crippen molar-refractivity contribution in [1.82, 2.24) is 9.97 Å². The molecule has 0 aliphatic carbocycles. The van der Waals surface area contributed by atoms with Crippen molar-refractivity contribution in [2.75, 3.05) is 30.9 Å². The molecule has 0 aliphatic heterocycles.